The molecule has 0 bridgehead atoms. The number of nitrogens with one attached hydrogen (secondary N) is 1. The second-order valence-electron chi connectivity index (χ2n) is 5.60. The predicted octanol–water partition coefficient (Wildman–Crippen LogP) is 0.927. The van der Waals surface area contributed by atoms with E-state index in [4.69, 9.17) is 0 Å². The summed E-state index contributed by atoms with van der Waals surface area (Å²) in [6.45, 7) is 11.5. The molecule has 1 fully saturated rings. The highest BCUT2D eigenvalue weighted by atomic mass is 16.2. The summed E-state index contributed by atoms with van der Waals surface area (Å²) in [7, 11) is 0. The van der Waals surface area contributed by atoms with Gasteiger partial charge in [0.2, 0.25) is 0 Å². The molecule has 6 heteroatoms. The van der Waals surface area contributed by atoms with Crippen LogP contribution < -0.4 is 5.32 Å². The molecule has 0 unspecified atom stereocenters. The zero-order valence-corrected chi connectivity index (χ0v) is 12.7. The lowest BCUT2D eigenvalue weighted by atomic mass is 10.3. The first kappa shape index (κ1) is 14.8. The molecular weight excluding hydrogens is 254 g/mol. The van der Waals surface area contributed by atoms with Crippen LogP contribution in [-0.2, 0) is 6.54 Å². The third-order valence-corrected chi connectivity index (χ3v) is 3.65. The third kappa shape index (κ3) is 3.96. The van der Waals surface area contributed by atoms with Crippen LogP contribution in [-0.4, -0.2) is 64.1 Å². The molecule has 1 aromatic rings. The first-order valence-corrected chi connectivity index (χ1v) is 7.32. The van der Waals surface area contributed by atoms with Gasteiger partial charge in [0.1, 0.15) is 5.82 Å². The van der Waals surface area contributed by atoms with Gasteiger partial charge in [-0.3, -0.25) is 4.90 Å². The van der Waals surface area contributed by atoms with Gasteiger partial charge in [0.25, 0.3) is 0 Å². The number of carbonyl (C=O) groups is 1. The molecule has 0 atom stereocenters. The van der Waals surface area contributed by atoms with E-state index < -0.39 is 0 Å². The van der Waals surface area contributed by atoms with Gasteiger partial charge in [-0.1, -0.05) is 0 Å². The van der Waals surface area contributed by atoms with Gasteiger partial charge in [-0.05, 0) is 20.8 Å². The monoisotopic (exact) mass is 279 g/mol. The molecule has 112 valence electrons. The molecule has 6 nitrogen and oxygen atoms in total. The Balaban J connectivity index is 1.72. The Hall–Kier alpha value is -1.56. The van der Waals surface area contributed by atoms with Crippen LogP contribution in [0, 0.1) is 6.92 Å². The molecule has 1 aliphatic heterocycles. The van der Waals surface area contributed by atoms with Crippen LogP contribution in [0.4, 0.5) is 4.79 Å². The van der Waals surface area contributed by atoms with Crippen molar-refractivity contribution in [3.63, 3.8) is 0 Å². The van der Waals surface area contributed by atoms with Gasteiger partial charge in [-0.2, -0.15) is 0 Å². The number of aromatic nitrogens is 2. The minimum Gasteiger partial charge on any atom is -0.336 e. The van der Waals surface area contributed by atoms with Gasteiger partial charge in [-0.25, -0.2) is 9.78 Å². The number of hydrogen-bond donors (Lipinski definition) is 1. The number of imidazole rings is 1. The highest BCUT2D eigenvalue weighted by Gasteiger charge is 2.21. The Bertz CT molecular complexity index is 435. The van der Waals surface area contributed by atoms with E-state index in [1.165, 1.54) is 0 Å². The van der Waals surface area contributed by atoms with Crippen LogP contribution in [0.15, 0.2) is 12.4 Å². The maximum atomic E-state index is 11.9. The van der Waals surface area contributed by atoms with Crippen LogP contribution in [0.5, 0.6) is 0 Å². The molecule has 0 spiro atoms. The molecule has 1 aromatic heterocycles. The fourth-order valence-electron chi connectivity index (χ4n) is 2.40. The zero-order chi connectivity index (χ0) is 14.5. The summed E-state index contributed by atoms with van der Waals surface area (Å²) in [5.41, 5.74) is 0. The molecule has 0 aliphatic carbocycles. The number of hydrogen-bond acceptors (Lipinski definition) is 3. The molecule has 0 radical (unpaired) electrons. The van der Waals surface area contributed by atoms with E-state index >= 15 is 0 Å². The number of amides is 2. The van der Waals surface area contributed by atoms with E-state index in [0.717, 1.165) is 45.1 Å². The molecule has 0 aromatic carbocycles. The molecule has 1 N–H and O–H groups in total. The van der Waals surface area contributed by atoms with Crippen LogP contribution >= 0.6 is 0 Å². The van der Waals surface area contributed by atoms with E-state index in [-0.39, 0.29) is 12.1 Å². The average molecular weight is 279 g/mol. The summed E-state index contributed by atoms with van der Waals surface area (Å²) in [6, 6.07) is 0.259. The summed E-state index contributed by atoms with van der Waals surface area (Å²) in [4.78, 5) is 20.4. The fourth-order valence-corrected chi connectivity index (χ4v) is 2.40. The fraction of sp³-hybridized carbons (Fsp3) is 0.714. The summed E-state index contributed by atoms with van der Waals surface area (Å²) >= 11 is 0. The van der Waals surface area contributed by atoms with Crippen molar-refractivity contribution in [3.8, 4) is 0 Å². The van der Waals surface area contributed by atoms with Crippen LogP contribution in [0.2, 0.25) is 0 Å². The van der Waals surface area contributed by atoms with Gasteiger partial charge in [0.15, 0.2) is 0 Å². The second kappa shape index (κ2) is 6.74. The SMILES string of the molecule is Cc1nccn1CCN1CCN(C(=O)NC(C)C)CC1. The minimum atomic E-state index is 0.0603. The predicted molar refractivity (Wildman–Crippen MR) is 78.6 cm³/mol. The Morgan fingerprint density at radius 2 is 2.00 bits per heavy atom. The highest BCUT2D eigenvalue weighted by molar-refractivity contribution is 5.74. The van der Waals surface area contributed by atoms with Crippen LogP contribution in [0.1, 0.15) is 19.7 Å². The first-order valence-electron chi connectivity index (χ1n) is 7.32. The van der Waals surface area contributed by atoms with Gasteiger partial charge >= 0.3 is 6.03 Å². The van der Waals surface area contributed by atoms with E-state index in [1.807, 2.05) is 38.1 Å². The number of piperazine rings is 1. The largest absolute Gasteiger partial charge is 0.336 e. The Labute approximate surface area is 120 Å². The van der Waals surface area contributed by atoms with Gasteiger partial charge in [-0.15, -0.1) is 0 Å². The van der Waals surface area contributed by atoms with Gasteiger partial charge in [0.05, 0.1) is 0 Å². The molecule has 2 heterocycles. The maximum Gasteiger partial charge on any atom is 0.317 e. The van der Waals surface area contributed by atoms with Crippen molar-refractivity contribution < 1.29 is 4.79 Å². The van der Waals surface area contributed by atoms with Crippen molar-refractivity contribution in [2.24, 2.45) is 0 Å². The minimum absolute atomic E-state index is 0.0603. The molecule has 1 aliphatic rings. The van der Waals surface area contributed by atoms with E-state index in [9.17, 15) is 4.79 Å². The number of rotatable bonds is 4. The number of urea groups is 1. The second-order valence-corrected chi connectivity index (χ2v) is 5.60. The molecule has 2 rings (SSSR count). The summed E-state index contributed by atoms with van der Waals surface area (Å²) < 4.78 is 2.16. The molecule has 2 amide bonds. The van der Waals surface area contributed by atoms with Gasteiger partial charge < -0.3 is 14.8 Å². The van der Waals surface area contributed by atoms with E-state index in [1.54, 1.807) is 0 Å². The first-order chi connectivity index (χ1) is 9.56. The Kier molecular flexibility index (Phi) is 5.00. The maximum absolute atomic E-state index is 11.9. The van der Waals surface area contributed by atoms with Crippen molar-refractivity contribution in [2.75, 3.05) is 32.7 Å². The molecular formula is C14H25N5O. The summed E-state index contributed by atoms with van der Waals surface area (Å²) in [6.07, 6.45) is 3.85. The zero-order valence-electron chi connectivity index (χ0n) is 12.7. The van der Waals surface area contributed by atoms with E-state index in [2.05, 4.69) is 19.8 Å². The van der Waals surface area contributed by atoms with Crippen LogP contribution in [0.3, 0.4) is 0 Å². The van der Waals surface area contributed by atoms with Crippen molar-refractivity contribution in [3.05, 3.63) is 18.2 Å². The van der Waals surface area contributed by atoms with Crippen molar-refractivity contribution in [1.29, 1.82) is 0 Å². The number of nitrogens with zero attached hydrogens (tertiary/aromatic N) is 4. The topological polar surface area (TPSA) is 53.4 Å². The van der Waals surface area contributed by atoms with Crippen molar-refractivity contribution >= 4 is 6.03 Å². The lowest BCUT2D eigenvalue weighted by molar-refractivity contribution is 0.135. The lowest BCUT2D eigenvalue weighted by Gasteiger charge is -2.35. The normalized spacial score (nSPS) is 16.7. The van der Waals surface area contributed by atoms with Crippen molar-refractivity contribution in [1.82, 2.24) is 24.7 Å². The third-order valence-electron chi connectivity index (χ3n) is 3.65. The Morgan fingerprint density at radius 1 is 1.30 bits per heavy atom. The Morgan fingerprint density at radius 3 is 2.55 bits per heavy atom. The molecule has 20 heavy (non-hydrogen) atoms. The van der Waals surface area contributed by atoms with Crippen LogP contribution in [0.25, 0.3) is 0 Å². The summed E-state index contributed by atoms with van der Waals surface area (Å²) in [5.74, 6) is 1.06. The smallest absolute Gasteiger partial charge is 0.317 e. The van der Waals surface area contributed by atoms with Crippen molar-refractivity contribution in [2.45, 2.75) is 33.4 Å². The van der Waals surface area contributed by atoms with Gasteiger partial charge in [0, 0.05) is 57.7 Å². The molecule has 1 saturated heterocycles. The standard InChI is InChI=1S/C14H25N5O/c1-12(2)16-14(20)19-10-7-17(8-11-19)6-9-18-5-4-15-13(18)3/h4-5,12H,6-11H2,1-3H3,(H,16,20). The van der Waals surface area contributed by atoms with E-state index in [0.29, 0.717) is 0 Å². The quantitative estimate of drug-likeness (QED) is 0.892. The number of aryl methyl sites for hydroxylation is 1. The summed E-state index contributed by atoms with van der Waals surface area (Å²) in [5, 5.41) is 2.95. The number of carbonyl (C=O) groups excluding carboxylic acids is 1. The average Bonchev–Trinajstić information content (AvgIpc) is 2.82. The lowest BCUT2D eigenvalue weighted by Crippen LogP contribution is -2.53. The molecule has 0 saturated carbocycles. The highest BCUT2D eigenvalue weighted by Crippen LogP contribution is 2.04.